The fraction of sp³-hybridized carbons (Fsp3) is 0.600. The van der Waals surface area contributed by atoms with Crippen molar-refractivity contribution < 1.29 is 66.0 Å². The summed E-state index contributed by atoms with van der Waals surface area (Å²) < 4.78 is 4.63. The molecule has 0 radical (unpaired) electrons. The van der Waals surface area contributed by atoms with Crippen molar-refractivity contribution in [1.82, 2.24) is 5.32 Å². The average molecular weight is 217 g/mol. The van der Waals surface area contributed by atoms with Crippen LogP contribution in [0.15, 0.2) is 0 Å². The number of carbonyl (C=O) groups excluding carboxylic acids is 1. The fourth-order valence-electron chi connectivity index (χ4n) is 0.518. The molecule has 0 bridgehead atoms. The molecule has 5 nitrogen and oxygen atoms in total. The van der Waals surface area contributed by atoms with Crippen molar-refractivity contribution in [3.05, 3.63) is 0 Å². The van der Waals surface area contributed by atoms with Crippen molar-refractivity contribution in [3.63, 3.8) is 0 Å². The minimum atomic E-state index is -0.365. The molecule has 62 valence electrons. The van der Waals surface area contributed by atoms with E-state index in [1.54, 1.807) is 0 Å². The summed E-state index contributed by atoms with van der Waals surface area (Å²) >= 11 is 5.36. The molecule has 0 aromatic heterocycles. The van der Waals surface area contributed by atoms with Crippen molar-refractivity contribution in [2.75, 3.05) is 12.4 Å². The van der Waals surface area contributed by atoms with Gasteiger partial charge in [0, 0.05) is 6.26 Å². The molecule has 1 fully saturated rings. The van der Waals surface area contributed by atoms with Crippen LogP contribution in [-0.4, -0.2) is 24.6 Å². The molecular formula is C5H6ClKN2O3. The summed E-state index contributed by atoms with van der Waals surface area (Å²) in [6.45, 7) is 0.544. The van der Waals surface area contributed by atoms with Crippen LogP contribution in [0.25, 0.3) is 0 Å². The van der Waals surface area contributed by atoms with Gasteiger partial charge in [-0.2, -0.15) is 0 Å². The molecule has 12 heavy (non-hydrogen) atoms. The Morgan fingerprint density at radius 2 is 2.42 bits per heavy atom. The van der Waals surface area contributed by atoms with Gasteiger partial charge in [0.05, 0.1) is 12.4 Å². The van der Waals surface area contributed by atoms with E-state index in [9.17, 15) is 4.79 Å². The van der Waals surface area contributed by atoms with E-state index in [2.05, 4.69) is 10.1 Å². The Hall–Kier alpha value is 0.486. The summed E-state index contributed by atoms with van der Waals surface area (Å²) in [6.07, 6.45) is 0.0137. The summed E-state index contributed by atoms with van der Waals surface area (Å²) in [7, 11) is 0. The molecule has 1 atom stereocenters. The van der Waals surface area contributed by atoms with Gasteiger partial charge in [-0.15, -0.1) is 11.6 Å². The maximum atomic E-state index is 10.2. The topological polar surface area (TPSA) is 85.2 Å². The number of nitriles is 1. The number of hydrogen-bond donors (Lipinski definition) is 1. The van der Waals surface area contributed by atoms with Gasteiger partial charge in [-0.05, 0) is 0 Å². The Bertz CT molecular complexity index is 173. The summed E-state index contributed by atoms with van der Waals surface area (Å²) in [4.78, 5) is 10.2. The SMILES string of the molecule is N#C[O-].O=C1NC[C@@H](CCl)O1.[K+]. The van der Waals surface area contributed by atoms with Crippen LogP contribution >= 0.6 is 11.6 Å². The van der Waals surface area contributed by atoms with E-state index in [4.69, 9.17) is 22.0 Å². The fourth-order valence-corrected chi connectivity index (χ4v) is 0.690. The van der Waals surface area contributed by atoms with Crippen molar-refractivity contribution >= 4 is 17.7 Å². The zero-order chi connectivity index (χ0) is 8.69. The van der Waals surface area contributed by atoms with E-state index < -0.39 is 0 Å². The van der Waals surface area contributed by atoms with Crippen LogP contribution < -0.4 is 61.8 Å². The molecule has 1 N–H and O–H groups in total. The number of hydrogen-bond acceptors (Lipinski definition) is 4. The second kappa shape index (κ2) is 9.57. The Balaban J connectivity index is 0. The molecule has 0 spiro atoms. The number of nitrogens with one attached hydrogen (secondary N) is 1. The number of nitrogens with zero attached hydrogens (tertiary/aromatic N) is 1. The number of cyclic esters (lactones) is 1. The molecule has 1 aliphatic rings. The van der Waals surface area contributed by atoms with Crippen LogP contribution in [0.4, 0.5) is 4.79 Å². The van der Waals surface area contributed by atoms with Crippen LogP contribution in [-0.2, 0) is 4.74 Å². The molecular weight excluding hydrogens is 211 g/mol. The number of amides is 1. The monoisotopic (exact) mass is 216 g/mol. The molecule has 0 aromatic rings. The van der Waals surface area contributed by atoms with Gasteiger partial charge in [-0.25, -0.2) is 10.1 Å². The van der Waals surface area contributed by atoms with E-state index in [1.807, 2.05) is 0 Å². The summed E-state index contributed by atoms with van der Waals surface area (Å²) in [5.41, 5.74) is 0. The first-order chi connectivity index (χ1) is 5.24. The second-order valence-electron chi connectivity index (χ2n) is 1.65. The third-order valence-corrected chi connectivity index (χ3v) is 1.26. The third kappa shape index (κ3) is 7.15. The van der Waals surface area contributed by atoms with Gasteiger partial charge < -0.3 is 15.2 Å². The number of alkyl halides is 1. The predicted octanol–water partition coefficient (Wildman–Crippen LogP) is -3.83. The Morgan fingerprint density at radius 3 is 2.58 bits per heavy atom. The minimum absolute atomic E-state index is 0. The molecule has 0 unspecified atom stereocenters. The number of ether oxygens (including phenoxy) is 1. The van der Waals surface area contributed by atoms with Crippen LogP contribution in [0.1, 0.15) is 0 Å². The third-order valence-electron chi connectivity index (χ3n) is 0.920. The van der Waals surface area contributed by atoms with Crippen molar-refractivity contribution in [1.29, 1.82) is 5.26 Å². The molecule has 0 aromatic carbocycles. The number of alkyl carbamates (subject to hydrolysis) is 1. The average Bonchev–Trinajstić information content (AvgIpc) is 2.37. The largest absolute Gasteiger partial charge is 1.00 e. The van der Waals surface area contributed by atoms with Gasteiger partial charge in [0.1, 0.15) is 6.10 Å². The maximum absolute atomic E-state index is 10.2. The van der Waals surface area contributed by atoms with Crippen LogP contribution in [0.5, 0.6) is 0 Å². The summed E-state index contributed by atoms with van der Waals surface area (Å²) in [6, 6.07) is 0. The van der Waals surface area contributed by atoms with Crippen molar-refractivity contribution in [2.45, 2.75) is 6.10 Å². The quantitative estimate of drug-likeness (QED) is 0.277. The predicted molar refractivity (Wildman–Crippen MR) is 34.6 cm³/mol. The first kappa shape index (κ1) is 15.0. The second-order valence-corrected chi connectivity index (χ2v) is 1.96. The summed E-state index contributed by atoms with van der Waals surface area (Å²) in [5.74, 6) is 0.374. The number of rotatable bonds is 1. The van der Waals surface area contributed by atoms with Crippen LogP contribution in [0.3, 0.4) is 0 Å². The normalized spacial score (nSPS) is 18.7. The van der Waals surface area contributed by atoms with Crippen molar-refractivity contribution in [3.8, 4) is 6.26 Å². The van der Waals surface area contributed by atoms with Gasteiger partial charge in [-0.1, -0.05) is 0 Å². The zero-order valence-electron chi connectivity index (χ0n) is 6.54. The van der Waals surface area contributed by atoms with Gasteiger partial charge in [0.2, 0.25) is 0 Å². The van der Waals surface area contributed by atoms with E-state index in [-0.39, 0.29) is 63.6 Å². The van der Waals surface area contributed by atoms with Gasteiger partial charge in [-0.3, -0.25) is 0 Å². The summed E-state index contributed by atoms with van der Waals surface area (Å²) in [5, 5.41) is 17.5. The zero-order valence-corrected chi connectivity index (χ0v) is 10.4. The number of halogens is 1. The molecule has 7 heteroatoms. The molecule has 1 aliphatic heterocycles. The Morgan fingerprint density at radius 1 is 1.92 bits per heavy atom. The number of carbonyl (C=O) groups is 1. The van der Waals surface area contributed by atoms with Gasteiger partial charge in [0.15, 0.2) is 0 Å². The Kier molecular flexibility index (Phi) is 12.0. The first-order valence-electron chi connectivity index (χ1n) is 2.76. The van der Waals surface area contributed by atoms with Gasteiger partial charge in [0.25, 0.3) is 0 Å². The van der Waals surface area contributed by atoms with E-state index in [1.165, 1.54) is 0 Å². The molecule has 0 saturated carbocycles. The van der Waals surface area contributed by atoms with E-state index in [0.29, 0.717) is 18.7 Å². The molecule has 1 rings (SSSR count). The standard InChI is InChI=1S/C4H6ClNO2.CHNO.K/c5-1-3-2-6-4(7)8-3;2-1-3;/h3H,1-2H2,(H,6,7);3H;/q;;+1/p-1/t3-;;/m1../s1. The Labute approximate surface area is 117 Å². The molecule has 1 heterocycles. The van der Waals surface area contributed by atoms with Crippen LogP contribution in [0, 0.1) is 11.5 Å². The van der Waals surface area contributed by atoms with E-state index >= 15 is 0 Å². The molecule has 1 saturated heterocycles. The van der Waals surface area contributed by atoms with Gasteiger partial charge >= 0.3 is 57.5 Å². The smallest absolute Gasteiger partial charge is 0.812 e. The van der Waals surface area contributed by atoms with Crippen molar-refractivity contribution in [2.24, 2.45) is 0 Å². The van der Waals surface area contributed by atoms with Crippen LogP contribution in [0.2, 0.25) is 0 Å². The molecule has 1 amide bonds. The minimum Gasteiger partial charge on any atom is -0.812 e. The van der Waals surface area contributed by atoms with E-state index in [0.717, 1.165) is 0 Å². The molecule has 0 aliphatic carbocycles. The first-order valence-corrected chi connectivity index (χ1v) is 3.29. The maximum Gasteiger partial charge on any atom is 1.00 e.